The molecular weight excluding hydrogens is 195 g/mol. The van der Waals surface area contributed by atoms with Crippen LogP contribution in [0.25, 0.3) is 0 Å². The molecule has 0 heterocycles. The Hall–Kier alpha value is -0.370. The van der Waals surface area contributed by atoms with Crippen molar-refractivity contribution in [2.45, 2.75) is 13.8 Å². The molecule has 54 valence electrons. The Morgan fingerprint density at radius 3 is 2.40 bits per heavy atom. The van der Waals surface area contributed by atoms with Gasteiger partial charge in [0.25, 0.3) is 0 Å². The van der Waals surface area contributed by atoms with Crippen molar-refractivity contribution in [2.75, 3.05) is 0 Å². The summed E-state index contributed by atoms with van der Waals surface area (Å²) in [4.78, 5) is 0. The van der Waals surface area contributed by atoms with Gasteiger partial charge in [-0.1, -0.05) is 6.07 Å². The second kappa shape index (κ2) is 2.70. The number of hydrogen-bond acceptors (Lipinski definition) is 0. The van der Waals surface area contributed by atoms with Gasteiger partial charge in [-0.05, 0) is 47.0 Å². The number of halogens is 2. The predicted octanol–water partition coefficient (Wildman–Crippen LogP) is 3.21. The van der Waals surface area contributed by atoms with Crippen LogP contribution in [0.1, 0.15) is 11.1 Å². The smallest absolute Gasteiger partial charge is 0.140 e. The fourth-order valence-corrected chi connectivity index (χ4v) is 1.57. The molecule has 0 fully saturated rings. The van der Waals surface area contributed by atoms with Crippen molar-refractivity contribution in [3.8, 4) is 0 Å². The van der Waals surface area contributed by atoms with Crippen LogP contribution >= 0.6 is 15.9 Å². The molecule has 0 nitrogen and oxygen atoms in total. The maximum absolute atomic E-state index is 12.9. The monoisotopic (exact) mass is 202 g/mol. The highest BCUT2D eigenvalue weighted by Gasteiger charge is 2.01. The van der Waals surface area contributed by atoms with Crippen LogP contribution in [0, 0.1) is 19.7 Å². The van der Waals surface area contributed by atoms with E-state index < -0.39 is 0 Å². The lowest BCUT2D eigenvalue weighted by Gasteiger charge is -1.99. The summed E-state index contributed by atoms with van der Waals surface area (Å²) >= 11 is 3.12. The van der Waals surface area contributed by atoms with Crippen LogP contribution in [0.3, 0.4) is 0 Å². The van der Waals surface area contributed by atoms with Crippen molar-refractivity contribution in [3.63, 3.8) is 0 Å². The van der Waals surface area contributed by atoms with E-state index in [2.05, 4.69) is 15.9 Å². The van der Waals surface area contributed by atoms with Gasteiger partial charge in [-0.3, -0.25) is 0 Å². The fraction of sp³-hybridized carbons (Fsp3) is 0.250. The SMILES string of the molecule is Cc1cc(C)c(F)c(Br)c1. The highest BCUT2D eigenvalue weighted by atomic mass is 79.9. The summed E-state index contributed by atoms with van der Waals surface area (Å²) in [5.74, 6) is -0.161. The minimum atomic E-state index is -0.161. The van der Waals surface area contributed by atoms with Gasteiger partial charge in [0.2, 0.25) is 0 Å². The summed E-state index contributed by atoms with van der Waals surface area (Å²) in [7, 11) is 0. The third-order valence-corrected chi connectivity index (χ3v) is 1.93. The van der Waals surface area contributed by atoms with E-state index in [4.69, 9.17) is 0 Å². The Morgan fingerprint density at radius 2 is 1.90 bits per heavy atom. The Morgan fingerprint density at radius 1 is 1.30 bits per heavy atom. The molecule has 1 rings (SSSR count). The van der Waals surface area contributed by atoms with Crippen LogP contribution in [0.5, 0.6) is 0 Å². The number of hydrogen-bond donors (Lipinski definition) is 0. The Balaban J connectivity index is 3.31. The van der Waals surface area contributed by atoms with Crippen molar-refractivity contribution in [3.05, 3.63) is 33.5 Å². The molecular formula is C8H8BrF. The number of aryl methyl sites for hydroxylation is 2. The lowest BCUT2D eigenvalue weighted by molar-refractivity contribution is 0.611. The molecule has 0 N–H and O–H groups in total. The second-order valence-electron chi connectivity index (χ2n) is 2.38. The van der Waals surface area contributed by atoms with E-state index in [0.717, 1.165) is 5.56 Å². The Kier molecular flexibility index (Phi) is 2.09. The zero-order valence-electron chi connectivity index (χ0n) is 5.91. The quantitative estimate of drug-likeness (QED) is 0.607. The van der Waals surface area contributed by atoms with Crippen LogP contribution < -0.4 is 0 Å². The molecule has 0 saturated carbocycles. The summed E-state index contributed by atoms with van der Waals surface area (Å²) in [5.41, 5.74) is 1.76. The van der Waals surface area contributed by atoms with Gasteiger partial charge in [0.05, 0.1) is 4.47 Å². The molecule has 0 unspecified atom stereocenters. The fourth-order valence-electron chi connectivity index (χ4n) is 0.898. The molecule has 1 aromatic carbocycles. The molecule has 0 aliphatic carbocycles. The predicted molar refractivity (Wildman–Crippen MR) is 43.6 cm³/mol. The molecule has 0 saturated heterocycles. The third-order valence-electron chi connectivity index (χ3n) is 1.35. The summed E-state index contributed by atoms with van der Waals surface area (Å²) < 4.78 is 13.4. The van der Waals surface area contributed by atoms with E-state index in [1.54, 1.807) is 13.0 Å². The van der Waals surface area contributed by atoms with Gasteiger partial charge in [0.1, 0.15) is 5.82 Å². The number of benzene rings is 1. The van der Waals surface area contributed by atoms with Crippen molar-refractivity contribution in [2.24, 2.45) is 0 Å². The van der Waals surface area contributed by atoms with Crippen molar-refractivity contribution in [1.82, 2.24) is 0 Å². The lowest BCUT2D eigenvalue weighted by Crippen LogP contribution is -1.84. The largest absolute Gasteiger partial charge is 0.205 e. The van der Waals surface area contributed by atoms with E-state index in [9.17, 15) is 4.39 Å². The van der Waals surface area contributed by atoms with E-state index >= 15 is 0 Å². The standard InChI is InChI=1S/C8H8BrF/c1-5-3-6(2)8(10)7(9)4-5/h3-4H,1-2H3. The van der Waals surface area contributed by atoms with Gasteiger partial charge >= 0.3 is 0 Å². The van der Waals surface area contributed by atoms with E-state index in [1.807, 2.05) is 13.0 Å². The van der Waals surface area contributed by atoms with E-state index in [1.165, 1.54) is 0 Å². The third kappa shape index (κ3) is 1.37. The first-order valence-electron chi connectivity index (χ1n) is 3.03. The van der Waals surface area contributed by atoms with Crippen molar-refractivity contribution >= 4 is 15.9 Å². The molecule has 0 amide bonds. The summed E-state index contributed by atoms with van der Waals surface area (Å²) in [6.07, 6.45) is 0. The zero-order chi connectivity index (χ0) is 7.72. The molecule has 0 aliphatic rings. The Labute approximate surface area is 68.2 Å². The summed E-state index contributed by atoms with van der Waals surface area (Å²) in [6.45, 7) is 3.70. The first-order chi connectivity index (χ1) is 4.61. The van der Waals surface area contributed by atoms with Crippen LogP contribution in [0.2, 0.25) is 0 Å². The van der Waals surface area contributed by atoms with E-state index in [0.29, 0.717) is 10.0 Å². The molecule has 1 aromatic rings. The van der Waals surface area contributed by atoms with Crippen LogP contribution in [0.4, 0.5) is 4.39 Å². The van der Waals surface area contributed by atoms with Crippen LogP contribution in [0.15, 0.2) is 16.6 Å². The maximum Gasteiger partial charge on any atom is 0.140 e. The average Bonchev–Trinajstić information content (AvgIpc) is 1.82. The highest BCUT2D eigenvalue weighted by Crippen LogP contribution is 2.19. The second-order valence-corrected chi connectivity index (χ2v) is 3.23. The molecule has 0 aliphatic heterocycles. The van der Waals surface area contributed by atoms with E-state index in [-0.39, 0.29) is 5.82 Å². The zero-order valence-corrected chi connectivity index (χ0v) is 7.50. The lowest BCUT2D eigenvalue weighted by atomic mass is 10.1. The maximum atomic E-state index is 12.9. The molecule has 0 atom stereocenters. The van der Waals surface area contributed by atoms with Gasteiger partial charge < -0.3 is 0 Å². The number of rotatable bonds is 0. The van der Waals surface area contributed by atoms with Gasteiger partial charge in [-0.15, -0.1) is 0 Å². The molecule has 0 spiro atoms. The van der Waals surface area contributed by atoms with Gasteiger partial charge in [-0.2, -0.15) is 0 Å². The van der Waals surface area contributed by atoms with Gasteiger partial charge in [0.15, 0.2) is 0 Å². The Bertz CT molecular complexity index is 232. The minimum Gasteiger partial charge on any atom is -0.205 e. The van der Waals surface area contributed by atoms with Crippen LogP contribution in [-0.2, 0) is 0 Å². The molecule has 0 radical (unpaired) electrons. The minimum absolute atomic E-state index is 0.161. The summed E-state index contributed by atoms with van der Waals surface area (Å²) in [6, 6.07) is 3.59. The topological polar surface area (TPSA) is 0 Å². The van der Waals surface area contributed by atoms with Crippen LogP contribution in [-0.4, -0.2) is 0 Å². The van der Waals surface area contributed by atoms with Crippen molar-refractivity contribution in [1.29, 1.82) is 0 Å². The average molecular weight is 203 g/mol. The van der Waals surface area contributed by atoms with Gasteiger partial charge in [0, 0.05) is 0 Å². The van der Waals surface area contributed by atoms with Crippen molar-refractivity contribution < 1.29 is 4.39 Å². The molecule has 2 heteroatoms. The highest BCUT2D eigenvalue weighted by molar-refractivity contribution is 9.10. The summed E-state index contributed by atoms with van der Waals surface area (Å²) in [5, 5.41) is 0. The molecule has 0 aromatic heterocycles. The normalized spacial score (nSPS) is 10.0. The first kappa shape index (κ1) is 7.73. The molecule has 10 heavy (non-hydrogen) atoms. The first-order valence-corrected chi connectivity index (χ1v) is 3.83. The molecule has 0 bridgehead atoms. The van der Waals surface area contributed by atoms with Gasteiger partial charge in [-0.25, -0.2) is 4.39 Å².